The zero-order chi connectivity index (χ0) is 15.5. The van der Waals surface area contributed by atoms with Gasteiger partial charge in [0.25, 0.3) is 0 Å². The molecule has 3 rings (SSSR count). The number of fused-ring (bicyclic) bond motifs is 1. The largest absolute Gasteiger partial charge is 0.497 e. The van der Waals surface area contributed by atoms with Crippen molar-refractivity contribution in [2.45, 2.75) is 0 Å². The van der Waals surface area contributed by atoms with E-state index in [-0.39, 0.29) is 12.4 Å². The van der Waals surface area contributed by atoms with Crippen LogP contribution in [0.25, 0.3) is 11.6 Å². The van der Waals surface area contributed by atoms with E-state index in [1.807, 2.05) is 0 Å². The number of carbonyl (C=O) groups is 1. The van der Waals surface area contributed by atoms with Crippen molar-refractivity contribution in [3.63, 3.8) is 0 Å². The summed E-state index contributed by atoms with van der Waals surface area (Å²) in [5.74, 6) is 0.964. The Morgan fingerprint density at radius 2 is 1.86 bits per heavy atom. The van der Waals surface area contributed by atoms with Crippen molar-refractivity contribution in [1.29, 1.82) is 0 Å². The number of ether oxygens (including phenoxy) is 3. The smallest absolute Gasteiger partial charge is 0.336 e. The molecule has 1 aliphatic heterocycles. The molecule has 0 aromatic heterocycles. The summed E-state index contributed by atoms with van der Waals surface area (Å²) >= 11 is 0. The average Bonchev–Trinajstić information content (AvgIpc) is 3.00. The third-order valence-electron chi connectivity index (χ3n) is 3.34. The van der Waals surface area contributed by atoms with E-state index in [0.717, 1.165) is 5.56 Å². The minimum atomic E-state index is -0.997. The van der Waals surface area contributed by atoms with Crippen LogP contribution in [-0.2, 0) is 4.79 Å². The number of benzene rings is 2. The Hall–Kier alpha value is -2.95. The first-order valence-electron chi connectivity index (χ1n) is 6.66. The van der Waals surface area contributed by atoms with Crippen LogP contribution in [0.5, 0.6) is 17.2 Å². The van der Waals surface area contributed by atoms with E-state index >= 15 is 0 Å². The first-order valence-corrected chi connectivity index (χ1v) is 6.66. The second-order valence-electron chi connectivity index (χ2n) is 4.70. The number of aliphatic carboxylic acids is 1. The fourth-order valence-corrected chi connectivity index (χ4v) is 2.21. The molecule has 5 heteroatoms. The zero-order valence-corrected chi connectivity index (χ0v) is 11.9. The first-order chi connectivity index (χ1) is 10.7. The van der Waals surface area contributed by atoms with Crippen LogP contribution in [0.2, 0.25) is 0 Å². The fraction of sp³-hybridized carbons (Fsp3) is 0.118. The van der Waals surface area contributed by atoms with Gasteiger partial charge in [-0.1, -0.05) is 18.2 Å². The van der Waals surface area contributed by atoms with Crippen LogP contribution in [0.4, 0.5) is 0 Å². The minimum absolute atomic E-state index is 0.187. The molecule has 0 spiro atoms. The third kappa shape index (κ3) is 2.74. The molecule has 0 radical (unpaired) electrons. The van der Waals surface area contributed by atoms with Gasteiger partial charge in [-0.2, -0.15) is 0 Å². The fourth-order valence-electron chi connectivity index (χ4n) is 2.21. The van der Waals surface area contributed by atoms with E-state index in [9.17, 15) is 9.90 Å². The van der Waals surface area contributed by atoms with E-state index in [4.69, 9.17) is 14.2 Å². The zero-order valence-electron chi connectivity index (χ0n) is 11.9. The second kappa shape index (κ2) is 5.81. The molecule has 0 bridgehead atoms. The molecule has 112 valence electrons. The molecule has 0 saturated heterocycles. The quantitative estimate of drug-likeness (QED) is 0.694. The van der Waals surface area contributed by atoms with Crippen LogP contribution in [-0.4, -0.2) is 25.0 Å². The van der Waals surface area contributed by atoms with E-state index in [0.29, 0.717) is 22.8 Å². The Morgan fingerprint density at radius 3 is 2.55 bits per heavy atom. The Labute approximate surface area is 127 Å². The Bertz CT molecular complexity index is 731. The van der Waals surface area contributed by atoms with Crippen LogP contribution in [0.3, 0.4) is 0 Å². The molecule has 0 aliphatic carbocycles. The van der Waals surface area contributed by atoms with Gasteiger partial charge in [0.15, 0.2) is 11.5 Å². The van der Waals surface area contributed by atoms with Crippen molar-refractivity contribution in [2.24, 2.45) is 0 Å². The van der Waals surface area contributed by atoms with E-state index in [2.05, 4.69) is 0 Å². The molecule has 5 nitrogen and oxygen atoms in total. The number of carboxylic acids is 1. The van der Waals surface area contributed by atoms with Crippen molar-refractivity contribution < 1.29 is 24.1 Å². The van der Waals surface area contributed by atoms with Gasteiger partial charge in [0.1, 0.15) is 5.75 Å². The molecule has 0 amide bonds. The van der Waals surface area contributed by atoms with Gasteiger partial charge in [-0.15, -0.1) is 0 Å². The van der Waals surface area contributed by atoms with Crippen molar-refractivity contribution in [3.8, 4) is 17.2 Å². The summed E-state index contributed by atoms with van der Waals surface area (Å²) < 4.78 is 15.6. The topological polar surface area (TPSA) is 65.0 Å². The van der Waals surface area contributed by atoms with Crippen molar-refractivity contribution >= 4 is 17.6 Å². The highest BCUT2D eigenvalue weighted by Crippen LogP contribution is 2.33. The summed E-state index contributed by atoms with van der Waals surface area (Å²) in [7, 11) is 1.57. The molecule has 1 heterocycles. The number of carboxylic acid groups (broad SMARTS) is 1. The summed E-state index contributed by atoms with van der Waals surface area (Å²) in [6.07, 6.45) is 1.60. The highest BCUT2D eigenvalue weighted by molar-refractivity contribution is 6.20. The molecule has 2 aromatic rings. The lowest BCUT2D eigenvalue weighted by Gasteiger charge is -2.05. The van der Waals surface area contributed by atoms with Crippen molar-refractivity contribution in [2.75, 3.05) is 13.9 Å². The Kier molecular flexibility index (Phi) is 3.70. The highest BCUT2D eigenvalue weighted by atomic mass is 16.7. The molecule has 2 aromatic carbocycles. The van der Waals surface area contributed by atoms with Gasteiger partial charge in [-0.05, 0) is 41.5 Å². The monoisotopic (exact) mass is 298 g/mol. The van der Waals surface area contributed by atoms with Crippen LogP contribution < -0.4 is 14.2 Å². The number of hydrogen-bond acceptors (Lipinski definition) is 4. The van der Waals surface area contributed by atoms with Crippen LogP contribution >= 0.6 is 0 Å². The molecule has 0 atom stereocenters. The Morgan fingerprint density at radius 1 is 1.14 bits per heavy atom. The maximum Gasteiger partial charge on any atom is 0.336 e. The maximum atomic E-state index is 11.5. The second-order valence-corrected chi connectivity index (χ2v) is 4.70. The lowest BCUT2D eigenvalue weighted by Crippen LogP contribution is -1.99. The lowest BCUT2D eigenvalue weighted by molar-refractivity contribution is -0.130. The average molecular weight is 298 g/mol. The van der Waals surface area contributed by atoms with Crippen LogP contribution in [0.15, 0.2) is 42.5 Å². The van der Waals surface area contributed by atoms with Gasteiger partial charge in [0.2, 0.25) is 6.79 Å². The minimum Gasteiger partial charge on any atom is -0.497 e. The Balaban J connectivity index is 1.97. The van der Waals surface area contributed by atoms with E-state index in [1.165, 1.54) is 0 Å². The summed E-state index contributed by atoms with van der Waals surface area (Å²) in [6.45, 7) is 0.187. The van der Waals surface area contributed by atoms with Gasteiger partial charge in [-0.3, -0.25) is 0 Å². The number of methoxy groups -OCH3 is 1. The number of rotatable bonds is 4. The van der Waals surface area contributed by atoms with Gasteiger partial charge < -0.3 is 19.3 Å². The van der Waals surface area contributed by atoms with Gasteiger partial charge in [-0.25, -0.2) is 4.79 Å². The SMILES string of the molecule is COc1ccc(/C(=C\c2ccc3c(c2)OCO3)C(=O)O)cc1. The summed E-state index contributed by atoms with van der Waals surface area (Å²) in [6, 6.07) is 12.2. The molecule has 0 fully saturated rings. The highest BCUT2D eigenvalue weighted by Gasteiger charge is 2.15. The third-order valence-corrected chi connectivity index (χ3v) is 3.34. The number of hydrogen-bond donors (Lipinski definition) is 1. The standard InChI is InChI=1S/C17H14O5/c1-20-13-5-3-12(4-6-13)14(17(18)19)8-11-2-7-15-16(9-11)22-10-21-15/h2-9H,10H2,1H3,(H,18,19)/b14-8+. The van der Waals surface area contributed by atoms with E-state index < -0.39 is 5.97 Å². The summed E-state index contributed by atoms with van der Waals surface area (Å²) in [5, 5.41) is 9.45. The predicted molar refractivity (Wildman–Crippen MR) is 81.1 cm³/mol. The van der Waals surface area contributed by atoms with Gasteiger partial charge >= 0.3 is 5.97 Å². The summed E-state index contributed by atoms with van der Waals surface area (Å²) in [4.78, 5) is 11.5. The first kappa shape index (κ1) is 14.0. The predicted octanol–water partition coefficient (Wildman–Crippen LogP) is 3.05. The summed E-state index contributed by atoms with van der Waals surface area (Å²) in [5.41, 5.74) is 1.53. The van der Waals surface area contributed by atoms with Crippen molar-refractivity contribution in [1.82, 2.24) is 0 Å². The van der Waals surface area contributed by atoms with Gasteiger partial charge in [0, 0.05) is 0 Å². The molecule has 0 unspecified atom stereocenters. The maximum absolute atomic E-state index is 11.5. The van der Waals surface area contributed by atoms with Crippen LogP contribution in [0, 0.1) is 0 Å². The molecular formula is C17H14O5. The molecule has 0 saturated carbocycles. The molecule has 1 N–H and O–H groups in total. The van der Waals surface area contributed by atoms with E-state index in [1.54, 1.807) is 55.7 Å². The van der Waals surface area contributed by atoms with Crippen LogP contribution in [0.1, 0.15) is 11.1 Å². The van der Waals surface area contributed by atoms with Gasteiger partial charge in [0.05, 0.1) is 12.7 Å². The lowest BCUT2D eigenvalue weighted by atomic mass is 10.0. The molecule has 1 aliphatic rings. The molecule has 22 heavy (non-hydrogen) atoms. The molecular weight excluding hydrogens is 284 g/mol. The normalized spacial score (nSPS) is 13.0. The van der Waals surface area contributed by atoms with Crippen molar-refractivity contribution in [3.05, 3.63) is 53.6 Å².